The van der Waals surface area contributed by atoms with Gasteiger partial charge in [-0.15, -0.1) is 11.3 Å². The molecular formula is C18H12N2O5S. The molecule has 0 saturated heterocycles. The fourth-order valence-electron chi connectivity index (χ4n) is 2.92. The zero-order valence-electron chi connectivity index (χ0n) is 13.2. The van der Waals surface area contributed by atoms with Crippen LogP contribution in [-0.2, 0) is 4.79 Å². The Hall–Kier alpha value is -3.39. The molecule has 130 valence electrons. The summed E-state index contributed by atoms with van der Waals surface area (Å²) in [6.07, 6.45) is 2.86. The number of Topliss-reactive ketones (excluding diaryl/α,β-unsaturated/α-hetero) is 1. The lowest BCUT2D eigenvalue weighted by Gasteiger charge is -2.24. The van der Waals surface area contributed by atoms with Crippen LogP contribution in [0.2, 0.25) is 0 Å². The minimum atomic E-state index is -0.932. The molecule has 3 aromatic rings. The van der Waals surface area contributed by atoms with Gasteiger partial charge in [0.25, 0.3) is 5.91 Å². The van der Waals surface area contributed by atoms with E-state index >= 15 is 0 Å². The number of phenols is 1. The van der Waals surface area contributed by atoms with Crippen molar-refractivity contribution in [1.82, 2.24) is 4.98 Å². The largest absolute Gasteiger partial charge is 0.508 e. The van der Waals surface area contributed by atoms with E-state index in [0.717, 1.165) is 0 Å². The standard InChI is InChI=1S/C18H12N2O5S/c21-11-4-1-3-10(9-11)14-13(15(22)12-5-2-7-25-12)16(23)17(24)20(14)18-19-6-8-26-18/h1-9,14,21,23H. The number of nitrogens with zero attached hydrogens (tertiary/aromatic N) is 2. The molecule has 1 aliphatic heterocycles. The molecule has 8 heteroatoms. The number of aromatic hydroxyl groups is 1. The molecule has 1 unspecified atom stereocenters. The molecule has 1 atom stereocenters. The van der Waals surface area contributed by atoms with Gasteiger partial charge in [-0.25, -0.2) is 4.98 Å². The van der Waals surface area contributed by atoms with Crippen LogP contribution in [0.15, 0.2) is 70.0 Å². The molecule has 0 bridgehead atoms. The highest BCUT2D eigenvalue weighted by molar-refractivity contribution is 7.13. The Morgan fingerprint density at radius 2 is 2.08 bits per heavy atom. The van der Waals surface area contributed by atoms with E-state index in [4.69, 9.17) is 4.42 Å². The van der Waals surface area contributed by atoms with E-state index in [1.165, 1.54) is 46.9 Å². The number of amides is 1. The predicted molar refractivity (Wildman–Crippen MR) is 93.1 cm³/mol. The predicted octanol–water partition coefficient (Wildman–Crippen LogP) is 3.22. The number of furan rings is 1. The maximum Gasteiger partial charge on any atom is 0.296 e. The van der Waals surface area contributed by atoms with Gasteiger partial charge in [0.2, 0.25) is 5.78 Å². The van der Waals surface area contributed by atoms with Gasteiger partial charge in [-0.05, 0) is 29.8 Å². The lowest BCUT2D eigenvalue weighted by Crippen LogP contribution is -2.30. The fourth-order valence-corrected chi connectivity index (χ4v) is 3.59. The Morgan fingerprint density at radius 3 is 2.73 bits per heavy atom. The minimum Gasteiger partial charge on any atom is -0.508 e. The summed E-state index contributed by atoms with van der Waals surface area (Å²) in [7, 11) is 0. The highest BCUT2D eigenvalue weighted by atomic mass is 32.1. The third-order valence-electron chi connectivity index (χ3n) is 4.01. The number of benzene rings is 1. The van der Waals surface area contributed by atoms with Crippen LogP contribution in [0.5, 0.6) is 5.75 Å². The molecule has 0 radical (unpaired) electrons. The Bertz CT molecular complexity index is 1010. The summed E-state index contributed by atoms with van der Waals surface area (Å²) in [5.41, 5.74) is 0.346. The number of aliphatic hydroxyl groups excluding tert-OH is 1. The Labute approximate surface area is 151 Å². The minimum absolute atomic E-state index is 0.00509. The van der Waals surface area contributed by atoms with Gasteiger partial charge in [-0.2, -0.15) is 0 Å². The van der Waals surface area contributed by atoms with Crippen molar-refractivity contribution in [2.45, 2.75) is 6.04 Å². The van der Waals surface area contributed by atoms with Crippen LogP contribution in [0.25, 0.3) is 0 Å². The number of hydrogen-bond donors (Lipinski definition) is 2. The Morgan fingerprint density at radius 1 is 1.23 bits per heavy atom. The fraction of sp³-hybridized carbons (Fsp3) is 0.0556. The molecule has 2 aromatic heterocycles. The zero-order chi connectivity index (χ0) is 18.3. The molecule has 26 heavy (non-hydrogen) atoms. The van der Waals surface area contributed by atoms with E-state index < -0.39 is 23.5 Å². The van der Waals surface area contributed by atoms with Crippen molar-refractivity contribution in [3.8, 4) is 5.75 Å². The zero-order valence-corrected chi connectivity index (χ0v) is 14.0. The monoisotopic (exact) mass is 368 g/mol. The average Bonchev–Trinajstić information content (AvgIpc) is 3.37. The topological polar surface area (TPSA) is 104 Å². The van der Waals surface area contributed by atoms with Crippen molar-refractivity contribution in [1.29, 1.82) is 0 Å². The van der Waals surface area contributed by atoms with E-state index in [2.05, 4.69) is 4.98 Å². The van der Waals surface area contributed by atoms with Crippen molar-refractivity contribution in [3.63, 3.8) is 0 Å². The summed E-state index contributed by atoms with van der Waals surface area (Å²) in [5.74, 6) is -2.01. The number of rotatable bonds is 4. The van der Waals surface area contributed by atoms with E-state index in [9.17, 15) is 19.8 Å². The third-order valence-corrected chi connectivity index (χ3v) is 4.78. The number of anilines is 1. The maximum atomic E-state index is 12.9. The van der Waals surface area contributed by atoms with Crippen LogP contribution in [0, 0.1) is 0 Å². The second-order valence-electron chi connectivity index (χ2n) is 5.56. The number of aliphatic hydroxyl groups is 1. The van der Waals surface area contributed by atoms with Crippen molar-refractivity contribution < 1.29 is 24.2 Å². The van der Waals surface area contributed by atoms with Crippen LogP contribution in [-0.4, -0.2) is 26.9 Å². The number of aromatic nitrogens is 1. The number of phenolic OH excluding ortho intramolecular Hbond substituents is 1. The quantitative estimate of drug-likeness (QED) is 0.685. The smallest absolute Gasteiger partial charge is 0.296 e. The summed E-state index contributed by atoms with van der Waals surface area (Å²) in [4.78, 5) is 30.9. The van der Waals surface area contributed by atoms with E-state index in [-0.39, 0.29) is 17.1 Å². The maximum absolute atomic E-state index is 12.9. The number of hydrogen-bond acceptors (Lipinski definition) is 7. The SMILES string of the molecule is O=C(C1=C(O)C(=O)N(c2nccs2)C1c1cccc(O)c1)c1ccco1. The molecule has 0 aliphatic carbocycles. The van der Waals surface area contributed by atoms with Gasteiger partial charge in [-0.1, -0.05) is 12.1 Å². The highest BCUT2D eigenvalue weighted by Gasteiger charge is 2.46. The van der Waals surface area contributed by atoms with Gasteiger partial charge in [0, 0.05) is 11.6 Å². The normalized spacial score (nSPS) is 17.2. The van der Waals surface area contributed by atoms with Gasteiger partial charge in [0.05, 0.1) is 17.9 Å². The first-order chi connectivity index (χ1) is 12.6. The summed E-state index contributed by atoms with van der Waals surface area (Å²) in [5, 5.41) is 22.3. The molecule has 0 saturated carbocycles. The van der Waals surface area contributed by atoms with Crippen molar-refractivity contribution >= 4 is 28.2 Å². The lowest BCUT2D eigenvalue weighted by atomic mass is 9.95. The molecule has 7 nitrogen and oxygen atoms in total. The second kappa shape index (κ2) is 6.16. The molecule has 2 N–H and O–H groups in total. The number of ketones is 1. The molecule has 0 fully saturated rings. The van der Waals surface area contributed by atoms with Crippen LogP contribution >= 0.6 is 11.3 Å². The van der Waals surface area contributed by atoms with Crippen LogP contribution in [0.4, 0.5) is 5.13 Å². The number of carbonyl (C=O) groups excluding carboxylic acids is 2. The molecule has 4 rings (SSSR count). The lowest BCUT2D eigenvalue weighted by molar-refractivity contribution is -0.117. The Balaban J connectivity index is 1.89. The van der Waals surface area contributed by atoms with Gasteiger partial charge >= 0.3 is 0 Å². The second-order valence-corrected chi connectivity index (χ2v) is 6.43. The van der Waals surface area contributed by atoms with E-state index in [1.54, 1.807) is 23.6 Å². The molecule has 3 heterocycles. The van der Waals surface area contributed by atoms with E-state index in [0.29, 0.717) is 10.7 Å². The Kier molecular flexibility index (Phi) is 3.81. The van der Waals surface area contributed by atoms with E-state index in [1.807, 2.05) is 0 Å². The van der Waals surface area contributed by atoms with Gasteiger partial charge < -0.3 is 14.6 Å². The molecular weight excluding hydrogens is 356 g/mol. The summed E-state index contributed by atoms with van der Waals surface area (Å²) in [6, 6.07) is 8.24. The number of carbonyl (C=O) groups is 2. The van der Waals surface area contributed by atoms with Gasteiger partial charge in [0.15, 0.2) is 16.7 Å². The number of thiazole rings is 1. The first-order valence-electron chi connectivity index (χ1n) is 7.61. The first kappa shape index (κ1) is 16.1. The molecule has 0 spiro atoms. The van der Waals surface area contributed by atoms with Crippen LogP contribution in [0.3, 0.4) is 0 Å². The van der Waals surface area contributed by atoms with Gasteiger partial charge in [0.1, 0.15) is 5.75 Å². The van der Waals surface area contributed by atoms with Crippen LogP contribution in [0.1, 0.15) is 22.2 Å². The highest BCUT2D eigenvalue weighted by Crippen LogP contribution is 2.42. The van der Waals surface area contributed by atoms with Gasteiger partial charge in [-0.3, -0.25) is 14.5 Å². The average molecular weight is 368 g/mol. The summed E-state index contributed by atoms with van der Waals surface area (Å²) in [6.45, 7) is 0. The van der Waals surface area contributed by atoms with Crippen molar-refractivity contribution in [2.24, 2.45) is 0 Å². The first-order valence-corrected chi connectivity index (χ1v) is 8.49. The molecule has 1 amide bonds. The van der Waals surface area contributed by atoms with Crippen molar-refractivity contribution in [3.05, 3.63) is 76.9 Å². The summed E-state index contributed by atoms with van der Waals surface area (Å²) < 4.78 is 5.14. The molecule has 1 aromatic carbocycles. The summed E-state index contributed by atoms with van der Waals surface area (Å²) >= 11 is 1.20. The van der Waals surface area contributed by atoms with Crippen LogP contribution < -0.4 is 4.90 Å². The third kappa shape index (κ3) is 2.47. The van der Waals surface area contributed by atoms with Crippen molar-refractivity contribution in [2.75, 3.05) is 4.90 Å². The molecule has 1 aliphatic rings.